The number of nitrogen functional groups attached to an aromatic ring is 1. The Labute approximate surface area is 119 Å². The first-order valence-electron chi connectivity index (χ1n) is 6.18. The predicted octanol–water partition coefficient (Wildman–Crippen LogP) is 1.34. The van der Waals surface area contributed by atoms with Crippen molar-refractivity contribution in [3.05, 3.63) is 30.3 Å². The van der Waals surface area contributed by atoms with Gasteiger partial charge in [-0.05, 0) is 5.16 Å². The van der Waals surface area contributed by atoms with E-state index in [1.54, 1.807) is 0 Å². The van der Waals surface area contributed by atoms with Crippen molar-refractivity contribution in [1.82, 2.24) is 15.3 Å². The van der Waals surface area contributed by atoms with Gasteiger partial charge in [-0.2, -0.15) is 4.98 Å². The van der Waals surface area contributed by atoms with Crippen LogP contribution in [0.3, 0.4) is 0 Å². The summed E-state index contributed by atoms with van der Waals surface area (Å²) in [5.74, 6) is 0.663. The molecule has 3 aromatic rings. The highest BCUT2D eigenvalue weighted by Gasteiger charge is 2.23. The summed E-state index contributed by atoms with van der Waals surface area (Å²) in [6, 6.07) is 9.34. The van der Waals surface area contributed by atoms with Crippen LogP contribution in [0.5, 0.6) is 5.88 Å². The molecule has 1 aromatic carbocycles. The molecule has 8 heteroatoms. The zero-order valence-electron chi connectivity index (χ0n) is 10.9. The van der Waals surface area contributed by atoms with Crippen LogP contribution in [0.1, 0.15) is 0 Å². The van der Waals surface area contributed by atoms with E-state index in [1.165, 1.54) is 0 Å². The van der Waals surface area contributed by atoms with Crippen molar-refractivity contribution in [3.8, 4) is 28.7 Å². The number of anilines is 1. The highest BCUT2D eigenvalue weighted by molar-refractivity contribution is 5.72. The number of aromatic nitrogens is 3. The van der Waals surface area contributed by atoms with Crippen LogP contribution in [0.2, 0.25) is 0 Å². The van der Waals surface area contributed by atoms with Gasteiger partial charge < -0.3 is 24.6 Å². The molecule has 0 radical (unpaired) electrons. The second-order valence-electron chi connectivity index (χ2n) is 4.09. The number of ether oxygens (including phenoxy) is 1. The average molecular weight is 288 g/mol. The lowest BCUT2D eigenvalue weighted by Gasteiger charge is -1.99. The van der Waals surface area contributed by atoms with Gasteiger partial charge in [-0.15, -0.1) is 0 Å². The van der Waals surface area contributed by atoms with Crippen LogP contribution in [0.25, 0.3) is 22.8 Å². The number of aliphatic hydroxyl groups excluding tert-OH is 1. The number of nitrogens with zero attached hydrogens (tertiary/aromatic N) is 3. The van der Waals surface area contributed by atoms with Gasteiger partial charge in [0.2, 0.25) is 11.7 Å². The Kier molecular flexibility index (Phi) is 3.52. The first-order valence-corrected chi connectivity index (χ1v) is 6.18. The van der Waals surface area contributed by atoms with Gasteiger partial charge >= 0.3 is 0 Å². The van der Waals surface area contributed by atoms with Crippen molar-refractivity contribution in [2.45, 2.75) is 0 Å². The van der Waals surface area contributed by atoms with Gasteiger partial charge in [0, 0.05) is 5.56 Å². The third-order valence-corrected chi connectivity index (χ3v) is 2.69. The summed E-state index contributed by atoms with van der Waals surface area (Å²) >= 11 is 0. The SMILES string of the molecule is Nc1onc(OCCO)c1-c1nc(-c2ccccc2)no1. The molecular weight excluding hydrogens is 276 g/mol. The van der Waals surface area contributed by atoms with Crippen LogP contribution in [0.4, 0.5) is 5.88 Å². The summed E-state index contributed by atoms with van der Waals surface area (Å²) < 4.78 is 15.3. The Morgan fingerprint density at radius 2 is 1.95 bits per heavy atom. The normalized spacial score (nSPS) is 10.7. The minimum absolute atomic E-state index is 0.00574. The number of hydrogen-bond acceptors (Lipinski definition) is 8. The number of nitrogens with two attached hydrogens (primary N) is 1. The Balaban J connectivity index is 1.95. The van der Waals surface area contributed by atoms with Crippen LogP contribution in [-0.4, -0.2) is 33.6 Å². The van der Waals surface area contributed by atoms with Gasteiger partial charge in [0.05, 0.1) is 6.61 Å². The van der Waals surface area contributed by atoms with Crippen LogP contribution in [-0.2, 0) is 0 Å². The average Bonchev–Trinajstić information content (AvgIpc) is 3.12. The molecule has 0 unspecified atom stereocenters. The van der Waals surface area contributed by atoms with E-state index in [4.69, 9.17) is 24.6 Å². The predicted molar refractivity (Wildman–Crippen MR) is 72.2 cm³/mol. The minimum Gasteiger partial charge on any atom is -0.472 e. The Bertz CT molecular complexity index is 723. The van der Waals surface area contributed by atoms with Crippen molar-refractivity contribution in [2.75, 3.05) is 18.9 Å². The zero-order chi connectivity index (χ0) is 14.7. The molecule has 8 nitrogen and oxygen atoms in total. The van der Waals surface area contributed by atoms with E-state index in [9.17, 15) is 0 Å². The lowest BCUT2D eigenvalue weighted by molar-refractivity contribution is 0.191. The Morgan fingerprint density at radius 1 is 1.14 bits per heavy atom. The van der Waals surface area contributed by atoms with Crippen molar-refractivity contribution >= 4 is 5.88 Å². The number of aliphatic hydroxyl groups is 1. The zero-order valence-corrected chi connectivity index (χ0v) is 10.9. The van der Waals surface area contributed by atoms with E-state index in [0.29, 0.717) is 5.82 Å². The van der Waals surface area contributed by atoms with Crippen LogP contribution in [0.15, 0.2) is 39.4 Å². The fourth-order valence-corrected chi connectivity index (χ4v) is 1.75. The van der Waals surface area contributed by atoms with Crippen LogP contribution in [0, 0.1) is 0 Å². The summed E-state index contributed by atoms with van der Waals surface area (Å²) in [6.45, 7) is -0.107. The molecule has 0 aliphatic carbocycles. The second kappa shape index (κ2) is 5.63. The quantitative estimate of drug-likeness (QED) is 0.721. The first kappa shape index (κ1) is 13.1. The molecule has 3 N–H and O–H groups in total. The first-order chi connectivity index (χ1) is 10.3. The van der Waals surface area contributed by atoms with Gasteiger partial charge in [-0.3, -0.25) is 0 Å². The van der Waals surface area contributed by atoms with Gasteiger partial charge in [0.25, 0.3) is 11.8 Å². The van der Waals surface area contributed by atoms with Gasteiger partial charge in [0.1, 0.15) is 6.61 Å². The summed E-state index contributed by atoms with van der Waals surface area (Å²) in [5, 5.41) is 16.3. The van der Waals surface area contributed by atoms with Crippen LogP contribution >= 0.6 is 0 Å². The summed E-state index contributed by atoms with van der Waals surface area (Å²) in [7, 11) is 0. The standard InChI is InChI=1S/C13H12N4O4/c14-10-9(13(17-20-10)19-7-6-18)12-15-11(16-21-12)8-4-2-1-3-5-8/h1-5,18H,6-7,14H2. The fraction of sp³-hybridized carbons (Fsp3) is 0.154. The molecule has 0 spiro atoms. The Morgan fingerprint density at radius 3 is 2.71 bits per heavy atom. The lowest BCUT2D eigenvalue weighted by atomic mass is 10.2. The molecule has 0 bridgehead atoms. The maximum atomic E-state index is 8.78. The molecule has 108 valence electrons. The largest absolute Gasteiger partial charge is 0.472 e. The van der Waals surface area contributed by atoms with Crippen molar-refractivity contribution in [3.63, 3.8) is 0 Å². The van der Waals surface area contributed by atoms with Crippen LogP contribution < -0.4 is 10.5 Å². The molecule has 2 aromatic heterocycles. The van der Waals surface area contributed by atoms with E-state index in [0.717, 1.165) is 5.56 Å². The lowest BCUT2D eigenvalue weighted by Crippen LogP contribution is -2.02. The summed E-state index contributed by atoms with van der Waals surface area (Å²) in [5.41, 5.74) is 6.78. The number of benzene rings is 1. The van der Waals surface area contributed by atoms with E-state index < -0.39 is 0 Å². The molecule has 21 heavy (non-hydrogen) atoms. The van der Waals surface area contributed by atoms with Gasteiger partial charge in [-0.25, -0.2) is 0 Å². The van der Waals surface area contributed by atoms with Gasteiger partial charge in [-0.1, -0.05) is 35.5 Å². The molecule has 0 fully saturated rings. The van der Waals surface area contributed by atoms with Crippen molar-refractivity contribution < 1.29 is 18.9 Å². The minimum atomic E-state index is -0.161. The van der Waals surface area contributed by atoms with E-state index >= 15 is 0 Å². The molecule has 0 saturated heterocycles. The topological polar surface area (TPSA) is 120 Å². The maximum Gasteiger partial charge on any atom is 0.269 e. The van der Waals surface area contributed by atoms with E-state index in [-0.39, 0.29) is 36.4 Å². The third kappa shape index (κ3) is 2.56. The summed E-state index contributed by atoms with van der Waals surface area (Å²) in [6.07, 6.45) is 0. The van der Waals surface area contributed by atoms with Crippen molar-refractivity contribution in [1.29, 1.82) is 0 Å². The molecule has 3 rings (SSSR count). The van der Waals surface area contributed by atoms with Crippen molar-refractivity contribution in [2.24, 2.45) is 0 Å². The maximum absolute atomic E-state index is 8.78. The van der Waals surface area contributed by atoms with Gasteiger partial charge in [0.15, 0.2) is 5.56 Å². The monoisotopic (exact) mass is 288 g/mol. The Hall–Kier alpha value is -2.87. The molecule has 0 atom stereocenters. The van der Waals surface area contributed by atoms with E-state index in [1.807, 2.05) is 30.3 Å². The smallest absolute Gasteiger partial charge is 0.269 e. The summed E-state index contributed by atoms with van der Waals surface area (Å²) in [4.78, 5) is 4.25. The number of rotatable bonds is 5. The highest BCUT2D eigenvalue weighted by Crippen LogP contribution is 2.34. The molecule has 2 heterocycles. The molecular formula is C13H12N4O4. The fourth-order valence-electron chi connectivity index (χ4n) is 1.75. The molecule has 0 aliphatic heterocycles. The van der Waals surface area contributed by atoms with E-state index in [2.05, 4.69) is 15.3 Å². The number of hydrogen-bond donors (Lipinski definition) is 2. The molecule has 0 amide bonds. The molecule has 0 saturated carbocycles. The second-order valence-corrected chi connectivity index (χ2v) is 4.09. The highest BCUT2D eigenvalue weighted by atomic mass is 16.5. The third-order valence-electron chi connectivity index (χ3n) is 2.69. The molecule has 0 aliphatic rings.